The van der Waals surface area contributed by atoms with Crippen molar-refractivity contribution >= 4 is 17.7 Å². The lowest BCUT2D eigenvalue weighted by Crippen LogP contribution is -2.22. The molecule has 0 unspecified atom stereocenters. The number of aliphatic carboxylic acids is 1. The molecule has 0 aliphatic heterocycles. The van der Waals surface area contributed by atoms with Gasteiger partial charge in [-0.15, -0.1) is 0 Å². The summed E-state index contributed by atoms with van der Waals surface area (Å²) < 4.78 is 5.57. The lowest BCUT2D eigenvalue weighted by atomic mass is 9.81. The number of carbonyl (C=O) groups excluding carboxylic acids is 1. The van der Waals surface area contributed by atoms with Crippen LogP contribution in [-0.4, -0.2) is 23.8 Å². The number of fused-ring (bicyclic) bond motifs is 3. The Kier molecular flexibility index (Phi) is 5.51. The van der Waals surface area contributed by atoms with Crippen molar-refractivity contribution in [3.05, 3.63) is 89.5 Å². The van der Waals surface area contributed by atoms with Gasteiger partial charge in [0.2, 0.25) is 0 Å². The van der Waals surface area contributed by atoms with Gasteiger partial charge in [-0.1, -0.05) is 74.5 Å². The number of benzene rings is 3. The average Bonchev–Trinajstić information content (AvgIpc) is 3.06. The van der Waals surface area contributed by atoms with Gasteiger partial charge in [0.15, 0.2) is 0 Å². The average molecular weight is 415 g/mol. The molecule has 0 heterocycles. The molecule has 4 rings (SSSR count). The molecule has 0 saturated heterocycles. The molecule has 0 atom stereocenters. The predicted molar refractivity (Wildman–Crippen MR) is 120 cm³/mol. The maximum Gasteiger partial charge on any atom is 0.411 e. The molecule has 3 aromatic rings. The van der Waals surface area contributed by atoms with Crippen molar-refractivity contribution in [3.63, 3.8) is 0 Å². The molecule has 0 fully saturated rings. The first-order valence-electron chi connectivity index (χ1n) is 10.3. The quantitative estimate of drug-likeness (QED) is 0.533. The molecule has 158 valence electrons. The maximum absolute atomic E-state index is 12.4. The number of nitrogens with one attached hydrogen (secondary N) is 1. The van der Waals surface area contributed by atoms with Crippen LogP contribution in [0, 0.1) is 0 Å². The smallest absolute Gasteiger partial charge is 0.411 e. The standard InChI is InChI=1S/C26H25NO4/c1-26(2,15-24(28)29)17-11-13-18(14-12-17)27-25(30)31-16-23-21-9-5-3-7-19(21)20-8-4-6-10-22(20)23/h3-14,23H,15-16H2,1-2H3,(H,27,30)(H,28,29). The van der Waals surface area contributed by atoms with E-state index in [0.29, 0.717) is 5.69 Å². The van der Waals surface area contributed by atoms with Crippen LogP contribution in [-0.2, 0) is 14.9 Å². The van der Waals surface area contributed by atoms with Gasteiger partial charge in [-0.3, -0.25) is 10.1 Å². The number of carboxylic acids is 1. The van der Waals surface area contributed by atoms with Crippen molar-refractivity contribution < 1.29 is 19.4 Å². The van der Waals surface area contributed by atoms with Crippen molar-refractivity contribution in [1.29, 1.82) is 0 Å². The number of carbonyl (C=O) groups is 2. The molecule has 5 nitrogen and oxygen atoms in total. The summed E-state index contributed by atoms with van der Waals surface area (Å²) in [5.41, 5.74) is 5.72. The summed E-state index contributed by atoms with van der Waals surface area (Å²) >= 11 is 0. The number of hydrogen-bond donors (Lipinski definition) is 2. The van der Waals surface area contributed by atoms with E-state index in [1.165, 1.54) is 22.3 Å². The van der Waals surface area contributed by atoms with Crippen LogP contribution in [0.5, 0.6) is 0 Å². The van der Waals surface area contributed by atoms with E-state index >= 15 is 0 Å². The largest absolute Gasteiger partial charge is 0.481 e. The van der Waals surface area contributed by atoms with Crippen LogP contribution < -0.4 is 5.32 Å². The molecule has 0 bridgehead atoms. The van der Waals surface area contributed by atoms with Gasteiger partial charge in [0.1, 0.15) is 6.61 Å². The number of anilines is 1. The van der Waals surface area contributed by atoms with E-state index < -0.39 is 17.5 Å². The zero-order valence-corrected chi connectivity index (χ0v) is 17.6. The highest BCUT2D eigenvalue weighted by Crippen LogP contribution is 2.44. The van der Waals surface area contributed by atoms with Crippen LogP contribution in [0.1, 0.15) is 42.9 Å². The molecule has 1 amide bonds. The van der Waals surface area contributed by atoms with Crippen molar-refractivity contribution in [3.8, 4) is 11.1 Å². The SMILES string of the molecule is CC(C)(CC(=O)O)c1ccc(NC(=O)OCC2c3ccccc3-c3ccccc32)cc1. The van der Waals surface area contributed by atoms with Gasteiger partial charge < -0.3 is 9.84 Å². The van der Waals surface area contributed by atoms with Gasteiger partial charge >= 0.3 is 12.1 Å². The monoisotopic (exact) mass is 415 g/mol. The summed E-state index contributed by atoms with van der Waals surface area (Å²) in [6, 6.07) is 23.6. The van der Waals surface area contributed by atoms with Crippen LogP contribution in [0.2, 0.25) is 0 Å². The van der Waals surface area contributed by atoms with Crippen LogP contribution in [0.25, 0.3) is 11.1 Å². The number of ether oxygens (including phenoxy) is 1. The van der Waals surface area contributed by atoms with Gasteiger partial charge in [-0.05, 0) is 39.9 Å². The number of hydrogen-bond acceptors (Lipinski definition) is 3. The zero-order valence-electron chi connectivity index (χ0n) is 17.6. The molecule has 0 saturated carbocycles. The first kappa shape index (κ1) is 20.7. The van der Waals surface area contributed by atoms with E-state index in [1.54, 1.807) is 12.1 Å². The number of rotatable bonds is 6. The Morgan fingerprint density at radius 2 is 1.45 bits per heavy atom. The van der Waals surface area contributed by atoms with Crippen LogP contribution in [0.4, 0.5) is 10.5 Å². The summed E-state index contributed by atoms with van der Waals surface area (Å²) in [4.78, 5) is 23.5. The Morgan fingerprint density at radius 1 is 0.903 bits per heavy atom. The van der Waals surface area contributed by atoms with Crippen molar-refractivity contribution in [2.24, 2.45) is 0 Å². The van der Waals surface area contributed by atoms with Crippen LogP contribution in [0.15, 0.2) is 72.8 Å². The Labute approximate surface area is 181 Å². The van der Waals surface area contributed by atoms with Gasteiger partial charge in [0.05, 0.1) is 6.42 Å². The third-order valence-electron chi connectivity index (χ3n) is 5.85. The number of carboxylic acid groups (broad SMARTS) is 1. The van der Waals surface area contributed by atoms with E-state index in [1.807, 2.05) is 50.2 Å². The molecule has 3 aromatic carbocycles. The minimum Gasteiger partial charge on any atom is -0.481 e. The van der Waals surface area contributed by atoms with E-state index in [2.05, 4.69) is 29.6 Å². The predicted octanol–water partition coefficient (Wildman–Crippen LogP) is 5.80. The molecule has 1 aliphatic rings. The Morgan fingerprint density at radius 3 is 2.00 bits per heavy atom. The number of amides is 1. The topological polar surface area (TPSA) is 75.6 Å². The normalized spacial score (nSPS) is 12.7. The first-order valence-corrected chi connectivity index (χ1v) is 10.3. The fraction of sp³-hybridized carbons (Fsp3) is 0.231. The maximum atomic E-state index is 12.4. The van der Waals surface area contributed by atoms with Crippen LogP contribution >= 0.6 is 0 Å². The Balaban J connectivity index is 1.41. The zero-order chi connectivity index (χ0) is 22.0. The lowest BCUT2D eigenvalue weighted by Gasteiger charge is -2.23. The molecule has 1 aliphatic carbocycles. The summed E-state index contributed by atoms with van der Waals surface area (Å²) in [7, 11) is 0. The molecule has 0 aromatic heterocycles. The molecule has 0 radical (unpaired) electrons. The molecular formula is C26H25NO4. The Bertz CT molecular complexity index is 1070. The molecule has 2 N–H and O–H groups in total. The third-order valence-corrected chi connectivity index (χ3v) is 5.85. The van der Waals surface area contributed by atoms with E-state index in [4.69, 9.17) is 9.84 Å². The molecule has 31 heavy (non-hydrogen) atoms. The van der Waals surface area contributed by atoms with Gasteiger partial charge in [0.25, 0.3) is 0 Å². The summed E-state index contributed by atoms with van der Waals surface area (Å²) in [6.07, 6.45) is -0.481. The highest BCUT2D eigenvalue weighted by Gasteiger charge is 2.29. The minimum atomic E-state index is -0.842. The Hall–Kier alpha value is -3.60. The van der Waals surface area contributed by atoms with Gasteiger partial charge in [-0.2, -0.15) is 0 Å². The second kappa shape index (κ2) is 8.26. The highest BCUT2D eigenvalue weighted by molar-refractivity contribution is 5.85. The second-order valence-electron chi connectivity index (χ2n) is 8.48. The minimum absolute atomic E-state index is 0.0114. The van der Waals surface area contributed by atoms with E-state index in [0.717, 1.165) is 5.56 Å². The third kappa shape index (κ3) is 4.31. The van der Waals surface area contributed by atoms with Crippen LogP contribution in [0.3, 0.4) is 0 Å². The van der Waals surface area contributed by atoms with Gasteiger partial charge in [-0.25, -0.2) is 4.79 Å². The highest BCUT2D eigenvalue weighted by atomic mass is 16.5. The fourth-order valence-electron chi connectivity index (χ4n) is 4.24. The second-order valence-corrected chi connectivity index (χ2v) is 8.48. The van der Waals surface area contributed by atoms with E-state index in [9.17, 15) is 9.59 Å². The summed E-state index contributed by atoms with van der Waals surface area (Å²) in [5.74, 6) is -0.830. The van der Waals surface area contributed by atoms with Crippen molar-refractivity contribution in [2.75, 3.05) is 11.9 Å². The van der Waals surface area contributed by atoms with Crippen molar-refractivity contribution in [2.45, 2.75) is 31.6 Å². The summed E-state index contributed by atoms with van der Waals surface area (Å²) in [5, 5.41) is 11.8. The van der Waals surface area contributed by atoms with Gasteiger partial charge in [0, 0.05) is 17.0 Å². The molecule has 5 heteroatoms. The lowest BCUT2D eigenvalue weighted by molar-refractivity contribution is -0.138. The van der Waals surface area contributed by atoms with Crippen molar-refractivity contribution in [1.82, 2.24) is 0 Å². The van der Waals surface area contributed by atoms with E-state index in [-0.39, 0.29) is 18.9 Å². The molecule has 0 spiro atoms. The molecular weight excluding hydrogens is 390 g/mol. The fourth-order valence-corrected chi connectivity index (χ4v) is 4.24. The first-order chi connectivity index (χ1) is 14.8. The summed E-state index contributed by atoms with van der Waals surface area (Å²) in [6.45, 7) is 4.02.